The summed E-state index contributed by atoms with van der Waals surface area (Å²) in [6.07, 6.45) is 6.12. The van der Waals surface area contributed by atoms with Crippen molar-refractivity contribution in [3.63, 3.8) is 0 Å². The quantitative estimate of drug-likeness (QED) is 0.413. The van der Waals surface area contributed by atoms with Crippen molar-refractivity contribution in [2.45, 2.75) is 117 Å². The molecule has 3 aliphatic rings. The molecule has 4 amide bonds. The molecule has 0 aromatic rings. The van der Waals surface area contributed by atoms with Crippen molar-refractivity contribution in [3.05, 3.63) is 0 Å². The average molecular weight is 577 g/mol. The van der Waals surface area contributed by atoms with Gasteiger partial charge in [0.1, 0.15) is 12.1 Å². The zero-order chi connectivity index (χ0) is 30.5. The van der Waals surface area contributed by atoms with Gasteiger partial charge in [-0.3, -0.25) is 29.0 Å². The highest BCUT2D eigenvalue weighted by atomic mass is 16.2. The summed E-state index contributed by atoms with van der Waals surface area (Å²) in [4.78, 5) is 61.7. The van der Waals surface area contributed by atoms with Crippen molar-refractivity contribution >= 4 is 23.6 Å². The van der Waals surface area contributed by atoms with E-state index < -0.39 is 17.5 Å². The molecule has 0 aromatic carbocycles. The minimum Gasteiger partial charge on any atom is -0.355 e. The molecule has 0 bridgehead atoms. The van der Waals surface area contributed by atoms with Crippen molar-refractivity contribution in [2.75, 3.05) is 46.8 Å². The summed E-state index contributed by atoms with van der Waals surface area (Å²) in [5, 5.41) is 6.02. The van der Waals surface area contributed by atoms with Crippen molar-refractivity contribution in [1.82, 2.24) is 30.2 Å². The second-order valence-corrected chi connectivity index (χ2v) is 13.8. The molecule has 0 saturated carbocycles. The minimum absolute atomic E-state index is 0.0316. The fourth-order valence-corrected chi connectivity index (χ4v) is 6.79. The van der Waals surface area contributed by atoms with Crippen LogP contribution in [0.1, 0.15) is 86.5 Å². The molecule has 3 aliphatic heterocycles. The first-order valence-corrected chi connectivity index (χ1v) is 15.9. The molecule has 10 heteroatoms. The molecule has 3 saturated heterocycles. The van der Waals surface area contributed by atoms with E-state index in [2.05, 4.69) is 34.3 Å². The Kier molecular flexibility index (Phi) is 11.6. The maximum absolute atomic E-state index is 14.1. The molecule has 0 aromatic heterocycles. The SMILES string of the molecule is CCNC(=O)C1CCCN1C(=O)C1CCCN1C[C@H](C(C)C)N(C)C(=O)C(NC(=O)C1CCCCN1C)C(C)(C)C. The van der Waals surface area contributed by atoms with Crippen molar-refractivity contribution in [2.24, 2.45) is 11.3 Å². The van der Waals surface area contributed by atoms with Gasteiger partial charge in [-0.2, -0.15) is 0 Å². The Morgan fingerprint density at radius 2 is 1.51 bits per heavy atom. The van der Waals surface area contributed by atoms with Gasteiger partial charge in [-0.15, -0.1) is 0 Å². The van der Waals surface area contributed by atoms with Crippen LogP contribution in [0, 0.1) is 11.3 Å². The van der Waals surface area contributed by atoms with Gasteiger partial charge in [-0.25, -0.2) is 0 Å². The number of hydrogen-bond donors (Lipinski definition) is 2. The second-order valence-electron chi connectivity index (χ2n) is 13.8. The van der Waals surface area contributed by atoms with E-state index in [1.165, 1.54) is 0 Å². The number of carbonyl (C=O) groups is 4. The molecule has 0 radical (unpaired) electrons. The standard InChI is InChI=1S/C31H56N6O4/c1-9-32-27(38)23-15-13-19-37(23)29(40)24-16-12-18-36(24)20-25(21(2)3)35(8)30(41)26(31(4,5)6)33-28(39)22-14-10-11-17-34(22)7/h21-26H,9-20H2,1-8H3,(H,32,38)(H,33,39)/t22?,23?,24?,25-,26?/m1/s1. The zero-order valence-corrected chi connectivity index (χ0v) is 26.9. The Labute approximate surface area is 247 Å². The monoisotopic (exact) mass is 576 g/mol. The van der Waals surface area contributed by atoms with Crippen molar-refractivity contribution in [1.29, 1.82) is 0 Å². The van der Waals surface area contributed by atoms with Crippen LogP contribution in [-0.2, 0) is 19.2 Å². The Balaban J connectivity index is 1.73. The van der Waals surface area contributed by atoms with Crippen LogP contribution >= 0.6 is 0 Å². The second kappa shape index (κ2) is 14.3. The van der Waals surface area contributed by atoms with Crippen molar-refractivity contribution in [3.8, 4) is 0 Å². The topological polar surface area (TPSA) is 105 Å². The lowest BCUT2D eigenvalue weighted by Gasteiger charge is -2.41. The smallest absolute Gasteiger partial charge is 0.245 e. The molecule has 2 N–H and O–H groups in total. The van der Waals surface area contributed by atoms with Crippen molar-refractivity contribution < 1.29 is 19.2 Å². The Morgan fingerprint density at radius 1 is 0.878 bits per heavy atom. The van der Waals surface area contributed by atoms with Crippen LogP contribution in [0.3, 0.4) is 0 Å². The fraction of sp³-hybridized carbons (Fsp3) is 0.871. The van der Waals surface area contributed by atoms with E-state index in [9.17, 15) is 19.2 Å². The van der Waals surface area contributed by atoms with Gasteiger partial charge in [-0.05, 0) is 76.9 Å². The Bertz CT molecular complexity index is 934. The Hall–Kier alpha value is -2.20. The van der Waals surface area contributed by atoms with Gasteiger partial charge >= 0.3 is 0 Å². The first-order chi connectivity index (χ1) is 19.3. The third kappa shape index (κ3) is 8.00. The number of nitrogens with zero attached hydrogens (tertiary/aromatic N) is 4. The van der Waals surface area contributed by atoms with E-state index in [-0.39, 0.29) is 47.7 Å². The number of rotatable bonds is 10. The van der Waals surface area contributed by atoms with Gasteiger partial charge in [0, 0.05) is 32.7 Å². The van der Waals surface area contributed by atoms with Crippen LogP contribution in [0.5, 0.6) is 0 Å². The van der Waals surface area contributed by atoms with Gasteiger partial charge < -0.3 is 20.4 Å². The average Bonchev–Trinajstić information content (AvgIpc) is 3.59. The lowest BCUT2D eigenvalue weighted by atomic mass is 9.84. The van der Waals surface area contributed by atoms with E-state index in [0.717, 1.165) is 51.6 Å². The number of carbonyl (C=O) groups excluding carboxylic acids is 4. The van der Waals surface area contributed by atoms with Crippen LogP contribution in [0.2, 0.25) is 0 Å². The van der Waals surface area contributed by atoms with Gasteiger partial charge in [0.15, 0.2) is 0 Å². The zero-order valence-electron chi connectivity index (χ0n) is 26.9. The first kappa shape index (κ1) is 33.3. The van der Waals surface area contributed by atoms with E-state index in [4.69, 9.17) is 0 Å². The third-order valence-corrected chi connectivity index (χ3v) is 9.35. The molecule has 10 nitrogen and oxygen atoms in total. The maximum atomic E-state index is 14.1. The fourth-order valence-electron chi connectivity index (χ4n) is 6.79. The summed E-state index contributed by atoms with van der Waals surface area (Å²) in [6, 6.07) is -1.68. The normalized spacial score (nSPS) is 25.7. The van der Waals surface area contributed by atoms with Crippen LogP contribution in [-0.4, -0.2) is 120 Å². The first-order valence-electron chi connectivity index (χ1n) is 15.9. The highest BCUT2D eigenvalue weighted by Crippen LogP contribution is 2.28. The van der Waals surface area contributed by atoms with E-state index in [1.54, 1.807) is 9.80 Å². The lowest BCUT2D eigenvalue weighted by molar-refractivity contribution is -0.144. The maximum Gasteiger partial charge on any atom is 0.245 e. The number of likely N-dealkylation sites (N-methyl/N-ethyl adjacent to an activating group) is 3. The summed E-state index contributed by atoms with van der Waals surface area (Å²) in [7, 11) is 3.82. The number of nitrogens with one attached hydrogen (secondary N) is 2. The van der Waals surface area contributed by atoms with Crippen LogP contribution in [0.25, 0.3) is 0 Å². The van der Waals surface area contributed by atoms with Gasteiger partial charge in [0.05, 0.1) is 12.1 Å². The number of piperidine rings is 1. The van der Waals surface area contributed by atoms with Crippen LogP contribution < -0.4 is 10.6 Å². The minimum atomic E-state index is -0.657. The third-order valence-electron chi connectivity index (χ3n) is 9.35. The summed E-state index contributed by atoms with van der Waals surface area (Å²) >= 11 is 0. The van der Waals surface area contributed by atoms with Gasteiger partial charge in [0.25, 0.3) is 0 Å². The van der Waals surface area contributed by atoms with E-state index in [0.29, 0.717) is 26.1 Å². The number of likely N-dealkylation sites (tertiary alicyclic amines) is 3. The predicted octanol–water partition coefficient (Wildman–Crippen LogP) is 2.08. The molecule has 234 valence electrons. The number of amides is 4. The highest BCUT2D eigenvalue weighted by molar-refractivity contribution is 5.91. The van der Waals surface area contributed by atoms with Gasteiger partial charge in [0.2, 0.25) is 23.6 Å². The van der Waals surface area contributed by atoms with Gasteiger partial charge in [-0.1, -0.05) is 41.0 Å². The molecule has 3 fully saturated rings. The highest BCUT2D eigenvalue weighted by Gasteiger charge is 2.43. The Morgan fingerprint density at radius 3 is 2.12 bits per heavy atom. The predicted molar refractivity (Wildman–Crippen MR) is 161 cm³/mol. The molecular formula is C31H56N6O4. The summed E-state index contributed by atoms with van der Waals surface area (Å²) < 4.78 is 0. The molecule has 4 unspecified atom stereocenters. The largest absolute Gasteiger partial charge is 0.355 e. The summed E-state index contributed by atoms with van der Waals surface area (Å²) in [5.74, 6) is -0.0588. The van der Waals surface area contributed by atoms with E-state index >= 15 is 0 Å². The number of hydrogen-bond acceptors (Lipinski definition) is 6. The molecule has 3 rings (SSSR count). The lowest BCUT2D eigenvalue weighted by Crippen LogP contribution is -2.61. The van der Waals surface area contributed by atoms with Crippen LogP contribution in [0.15, 0.2) is 0 Å². The molecular weight excluding hydrogens is 520 g/mol. The summed E-state index contributed by atoms with van der Waals surface area (Å²) in [6.45, 7) is 15.5. The van der Waals surface area contributed by atoms with Crippen LogP contribution in [0.4, 0.5) is 0 Å². The molecule has 41 heavy (non-hydrogen) atoms. The molecule has 0 aliphatic carbocycles. The van der Waals surface area contributed by atoms with E-state index in [1.807, 2.05) is 41.8 Å². The molecule has 0 spiro atoms. The summed E-state index contributed by atoms with van der Waals surface area (Å²) in [5.41, 5.74) is -0.467. The molecule has 5 atom stereocenters. The molecule has 3 heterocycles.